The van der Waals surface area contributed by atoms with E-state index in [0.29, 0.717) is 29.5 Å². The number of nitrogens with zero attached hydrogens (tertiary/aromatic N) is 1. The molecule has 5 nitrogen and oxygen atoms in total. The zero-order chi connectivity index (χ0) is 27.7. The maximum atomic E-state index is 11.3. The molecule has 0 bridgehead atoms. The highest BCUT2D eigenvalue weighted by molar-refractivity contribution is 5.30. The maximum absolute atomic E-state index is 11.3. The van der Waals surface area contributed by atoms with Gasteiger partial charge in [-0.25, -0.2) is 0 Å². The summed E-state index contributed by atoms with van der Waals surface area (Å²) >= 11 is 0. The van der Waals surface area contributed by atoms with Crippen LogP contribution in [0.5, 0.6) is 5.75 Å². The molecule has 9 atom stereocenters. The smallest absolute Gasteiger partial charge is 0.119 e. The largest absolute Gasteiger partial charge is 0.494 e. The maximum Gasteiger partial charge on any atom is 0.119 e. The Labute approximate surface area is 242 Å². The molecule has 0 saturated heterocycles. The lowest BCUT2D eigenvalue weighted by molar-refractivity contribution is -0.137. The molecule has 0 amide bonds. The number of methoxy groups -OCH3 is 1. The van der Waals surface area contributed by atoms with Crippen molar-refractivity contribution < 1.29 is 9.47 Å². The second-order valence-electron chi connectivity index (χ2n) is 14.7. The van der Waals surface area contributed by atoms with Gasteiger partial charge < -0.3 is 14.8 Å². The van der Waals surface area contributed by atoms with Crippen LogP contribution < -0.4 is 10.1 Å². The van der Waals surface area contributed by atoms with Gasteiger partial charge in [-0.15, -0.1) is 0 Å². The molecule has 6 unspecified atom stereocenters. The monoisotopic (exact) mass is 550 g/mol. The molecule has 1 N–H and O–H groups in total. The fraction of sp³-hybridized carbons (Fsp3) is 0.829. The molecule has 1 aromatic rings. The number of nitroso groups, excluding NO2 is 1. The second kappa shape index (κ2) is 12.0. The first-order valence-corrected chi connectivity index (χ1v) is 16.8. The molecule has 5 aliphatic carbocycles. The van der Waals surface area contributed by atoms with E-state index >= 15 is 0 Å². The van der Waals surface area contributed by atoms with Crippen LogP contribution in [-0.2, 0) is 4.74 Å². The van der Waals surface area contributed by atoms with E-state index in [1.54, 1.807) is 0 Å². The van der Waals surface area contributed by atoms with E-state index in [1.165, 1.54) is 82.6 Å². The Kier molecular flexibility index (Phi) is 8.62. The topological polar surface area (TPSA) is 59.9 Å². The Morgan fingerprint density at radius 3 is 2.65 bits per heavy atom. The van der Waals surface area contributed by atoms with Crippen LogP contribution in [0.2, 0.25) is 0 Å². The van der Waals surface area contributed by atoms with E-state index in [-0.39, 0.29) is 11.5 Å². The minimum Gasteiger partial charge on any atom is -0.494 e. The van der Waals surface area contributed by atoms with Gasteiger partial charge in [0.1, 0.15) is 5.75 Å². The summed E-state index contributed by atoms with van der Waals surface area (Å²) < 4.78 is 12.8. The summed E-state index contributed by atoms with van der Waals surface area (Å²) in [6.45, 7) is 5.65. The minimum atomic E-state index is 0.0586. The third-order valence-electron chi connectivity index (χ3n) is 13.0. The number of hydrogen-bond donors (Lipinski definition) is 1. The van der Waals surface area contributed by atoms with Gasteiger partial charge in [-0.05, 0) is 131 Å². The van der Waals surface area contributed by atoms with Crippen LogP contribution in [0.15, 0.2) is 29.4 Å². The Balaban J connectivity index is 1.11. The summed E-state index contributed by atoms with van der Waals surface area (Å²) in [5.41, 5.74) is 1.97. The molecule has 5 aliphatic rings. The van der Waals surface area contributed by atoms with Crippen LogP contribution in [-0.4, -0.2) is 31.9 Å². The number of ether oxygens (including phenoxy) is 2. The highest BCUT2D eigenvalue weighted by atomic mass is 16.5. The molecular weight excluding hydrogens is 496 g/mol. The number of nitrogens with one attached hydrogen (secondary N) is 1. The van der Waals surface area contributed by atoms with Crippen LogP contribution in [0.1, 0.15) is 122 Å². The van der Waals surface area contributed by atoms with Gasteiger partial charge in [0.25, 0.3) is 0 Å². The molecular formula is C35H54N2O3. The standard InChI is InChI=1S/C35H54N2O3/c1-24(36-27-9-5-4-6-10-27)25-8-7-11-29(22-25)40-21-20-35-19-17-31-30(32(35)14-15-33(35)39-3)13-12-26-23-28(37-38)16-18-34(26,31)2/h7-8,11,22,24,26-28,30-33,36H,4-6,9-10,12-21,23H2,1-3H3/t24?,26?,28?,30?,31?,32?,33-,34-,35+/m0/s1. The van der Waals surface area contributed by atoms with Gasteiger partial charge in [-0.3, -0.25) is 0 Å². The van der Waals surface area contributed by atoms with Crippen molar-refractivity contribution in [1.29, 1.82) is 0 Å². The lowest BCUT2D eigenvalue weighted by Gasteiger charge is -2.61. The van der Waals surface area contributed by atoms with Gasteiger partial charge in [0.15, 0.2) is 0 Å². The average Bonchev–Trinajstić information content (AvgIpc) is 3.36. The Hall–Kier alpha value is -1.46. The number of hydrogen-bond acceptors (Lipinski definition) is 5. The van der Waals surface area contributed by atoms with Crippen LogP contribution in [0.4, 0.5) is 0 Å². The van der Waals surface area contributed by atoms with Crippen molar-refractivity contribution >= 4 is 0 Å². The zero-order valence-electron chi connectivity index (χ0n) is 25.4. The Morgan fingerprint density at radius 1 is 1.00 bits per heavy atom. The summed E-state index contributed by atoms with van der Waals surface area (Å²) in [6.07, 6.45) is 19.1. The molecule has 5 saturated carbocycles. The quantitative estimate of drug-likeness (QED) is 0.313. The lowest BCUT2D eigenvalue weighted by Crippen LogP contribution is -2.55. The SMILES string of the molecule is CO[C@H]1CCC2C3CCC4CC(N=O)CC[C@]4(C)C3CC[C@@]21CCOc1cccc(C(C)NC2CCCCC2)c1. The summed E-state index contributed by atoms with van der Waals surface area (Å²) in [6, 6.07) is 9.88. The van der Waals surface area contributed by atoms with E-state index in [9.17, 15) is 4.91 Å². The molecule has 40 heavy (non-hydrogen) atoms. The first kappa shape index (κ1) is 28.6. The van der Waals surface area contributed by atoms with Crippen molar-refractivity contribution in [3.05, 3.63) is 34.7 Å². The molecule has 5 fully saturated rings. The summed E-state index contributed by atoms with van der Waals surface area (Å²) in [7, 11) is 1.94. The predicted molar refractivity (Wildman–Crippen MR) is 161 cm³/mol. The first-order chi connectivity index (χ1) is 19.5. The van der Waals surface area contributed by atoms with Gasteiger partial charge in [-0.2, -0.15) is 4.91 Å². The van der Waals surface area contributed by atoms with Gasteiger partial charge in [0.2, 0.25) is 0 Å². The fourth-order valence-electron chi connectivity index (χ4n) is 10.9. The average molecular weight is 551 g/mol. The first-order valence-electron chi connectivity index (χ1n) is 16.8. The van der Waals surface area contributed by atoms with Crippen LogP contribution >= 0.6 is 0 Å². The van der Waals surface area contributed by atoms with Crippen molar-refractivity contribution in [3.8, 4) is 5.75 Å². The summed E-state index contributed by atoms with van der Waals surface area (Å²) in [5, 5.41) is 7.35. The molecule has 0 radical (unpaired) electrons. The molecule has 1 aromatic carbocycles. The number of fused-ring (bicyclic) bond motifs is 5. The molecule has 6 rings (SSSR count). The van der Waals surface area contributed by atoms with Crippen molar-refractivity contribution in [2.45, 2.75) is 134 Å². The Morgan fingerprint density at radius 2 is 1.85 bits per heavy atom. The van der Waals surface area contributed by atoms with Crippen molar-refractivity contribution in [2.75, 3.05) is 13.7 Å². The zero-order valence-corrected chi connectivity index (χ0v) is 25.4. The molecule has 222 valence electrons. The summed E-state index contributed by atoms with van der Waals surface area (Å²) in [5.74, 6) is 4.03. The van der Waals surface area contributed by atoms with Gasteiger partial charge in [-0.1, -0.05) is 43.5 Å². The van der Waals surface area contributed by atoms with Crippen LogP contribution in [0.25, 0.3) is 0 Å². The van der Waals surface area contributed by atoms with Crippen molar-refractivity contribution in [1.82, 2.24) is 5.32 Å². The van der Waals surface area contributed by atoms with Gasteiger partial charge in [0.05, 0.1) is 18.8 Å². The minimum absolute atomic E-state index is 0.0586. The Bertz CT molecular complexity index is 1010. The second-order valence-corrected chi connectivity index (χ2v) is 14.7. The third-order valence-corrected chi connectivity index (χ3v) is 13.0. The normalized spacial score (nSPS) is 40.5. The molecule has 5 heteroatoms. The molecule has 0 spiro atoms. The predicted octanol–water partition coefficient (Wildman–Crippen LogP) is 8.61. The van der Waals surface area contributed by atoms with Crippen LogP contribution in [0, 0.1) is 39.4 Å². The molecule has 0 aliphatic heterocycles. The number of benzene rings is 1. The molecule has 0 heterocycles. The molecule has 0 aromatic heterocycles. The fourth-order valence-corrected chi connectivity index (χ4v) is 10.9. The highest BCUT2D eigenvalue weighted by Gasteiger charge is 2.61. The van der Waals surface area contributed by atoms with E-state index in [2.05, 4.69) is 48.6 Å². The van der Waals surface area contributed by atoms with E-state index < -0.39 is 0 Å². The third kappa shape index (κ3) is 5.27. The van der Waals surface area contributed by atoms with E-state index in [0.717, 1.165) is 49.4 Å². The lowest BCUT2D eigenvalue weighted by atomic mass is 9.44. The van der Waals surface area contributed by atoms with Gasteiger partial charge >= 0.3 is 0 Å². The highest BCUT2D eigenvalue weighted by Crippen LogP contribution is 2.67. The van der Waals surface area contributed by atoms with Gasteiger partial charge in [0, 0.05) is 24.6 Å². The van der Waals surface area contributed by atoms with Crippen molar-refractivity contribution in [3.63, 3.8) is 0 Å². The number of rotatable bonds is 9. The van der Waals surface area contributed by atoms with Crippen molar-refractivity contribution in [2.24, 2.45) is 39.7 Å². The van der Waals surface area contributed by atoms with E-state index in [4.69, 9.17) is 9.47 Å². The van der Waals surface area contributed by atoms with E-state index in [1.807, 2.05) is 7.11 Å². The van der Waals surface area contributed by atoms with Crippen LogP contribution in [0.3, 0.4) is 0 Å². The summed E-state index contributed by atoms with van der Waals surface area (Å²) in [4.78, 5) is 11.3.